The molecule has 0 aliphatic heterocycles. The lowest BCUT2D eigenvalue weighted by molar-refractivity contribution is -0.120. The van der Waals surface area contributed by atoms with Gasteiger partial charge in [-0.15, -0.1) is 0 Å². The minimum Gasteiger partial charge on any atom is -0.340 e. The van der Waals surface area contributed by atoms with Gasteiger partial charge < -0.3 is 10.6 Å². The molecule has 4 rings (SSSR count). The lowest BCUT2D eigenvalue weighted by Gasteiger charge is -2.21. The van der Waals surface area contributed by atoms with E-state index < -0.39 is 9.84 Å². The van der Waals surface area contributed by atoms with E-state index in [2.05, 4.69) is 15.6 Å². The number of amides is 1. The zero-order valence-electron chi connectivity index (χ0n) is 16.9. The molecule has 2 aromatic carbocycles. The molecule has 0 saturated heterocycles. The number of para-hydroxylation sites is 1. The minimum absolute atomic E-state index is 0.0608. The number of rotatable bonds is 5. The molecule has 156 valence electrons. The minimum atomic E-state index is -3.24. The van der Waals surface area contributed by atoms with Crippen LogP contribution in [0.25, 0.3) is 10.9 Å². The van der Waals surface area contributed by atoms with Crippen molar-refractivity contribution in [3.8, 4) is 0 Å². The zero-order valence-corrected chi connectivity index (χ0v) is 17.7. The molecule has 1 aliphatic carbocycles. The summed E-state index contributed by atoms with van der Waals surface area (Å²) < 4.78 is 23.3. The van der Waals surface area contributed by atoms with Crippen molar-refractivity contribution in [1.29, 1.82) is 0 Å². The molecule has 7 heteroatoms. The van der Waals surface area contributed by atoms with Crippen LogP contribution in [0, 0.1) is 5.92 Å². The summed E-state index contributed by atoms with van der Waals surface area (Å²) in [6, 6.07) is 16.0. The highest BCUT2D eigenvalue weighted by molar-refractivity contribution is 7.90. The quantitative estimate of drug-likeness (QED) is 0.609. The van der Waals surface area contributed by atoms with Gasteiger partial charge in [-0.1, -0.05) is 37.5 Å². The van der Waals surface area contributed by atoms with Crippen LogP contribution in [-0.2, 0) is 14.6 Å². The Hall–Kier alpha value is -2.93. The van der Waals surface area contributed by atoms with E-state index >= 15 is 0 Å². The van der Waals surface area contributed by atoms with Gasteiger partial charge in [-0.3, -0.25) is 4.79 Å². The number of anilines is 3. The number of nitrogens with zero attached hydrogens (tertiary/aromatic N) is 1. The van der Waals surface area contributed by atoms with Gasteiger partial charge in [-0.05, 0) is 43.2 Å². The van der Waals surface area contributed by atoms with Gasteiger partial charge in [-0.2, -0.15) is 0 Å². The Morgan fingerprint density at radius 3 is 2.40 bits per heavy atom. The third-order valence-corrected chi connectivity index (χ3v) is 6.63. The Kier molecular flexibility index (Phi) is 5.72. The third kappa shape index (κ3) is 4.62. The van der Waals surface area contributed by atoms with Crippen molar-refractivity contribution < 1.29 is 13.2 Å². The van der Waals surface area contributed by atoms with Crippen LogP contribution in [0.5, 0.6) is 0 Å². The molecule has 1 heterocycles. The van der Waals surface area contributed by atoms with Crippen LogP contribution in [-0.4, -0.2) is 25.6 Å². The van der Waals surface area contributed by atoms with E-state index in [1.807, 2.05) is 30.3 Å². The van der Waals surface area contributed by atoms with Crippen LogP contribution in [0.15, 0.2) is 59.5 Å². The molecule has 1 aliphatic rings. The van der Waals surface area contributed by atoms with Crippen molar-refractivity contribution in [2.24, 2.45) is 5.92 Å². The average molecular weight is 424 g/mol. The molecular weight excluding hydrogens is 398 g/mol. The Bertz CT molecular complexity index is 1170. The SMILES string of the molecule is CS(=O)(=O)c1ccc(Nc2cc(NC(=O)C3CCCCC3)c3ccccc3n2)cc1. The van der Waals surface area contributed by atoms with Crippen molar-refractivity contribution in [3.63, 3.8) is 0 Å². The fourth-order valence-corrected chi connectivity index (χ4v) is 4.51. The predicted octanol–water partition coefficient (Wildman–Crippen LogP) is 4.90. The summed E-state index contributed by atoms with van der Waals surface area (Å²) in [4.78, 5) is 17.7. The van der Waals surface area contributed by atoms with E-state index in [1.54, 1.807) is 24.3 Å². The number of nitrogens with one attached hydrogen (secondary N) is 2. The molecule has 1 aromatic heterocycles. The van der Waals surface area contributed by atoms with Crippen molar-refractivity contribution >= 4 is 43.8 Å². The second kappa shape index (κ2) is 8.44. The van der Waals surface area contributed by atoms with Gasteiger partial charge in [0.1, 0.15) is 5.82 Å². The standard InChI is InChI=1S/C23H25N3O3S/c1-30(28,29)18-13-11-17(12-14-18)24-22-15-21(19-9-5-6-10-20(19)25-22)26-23(27)16-7-3-2-4-8-16/h5-6,9-16H,2-4,7-8H2,1H3,(H2,24,25,26,27). The summed E-state index contributed by atoms with van der Waals surface area (Å²) in [5, 5.41) is 7.21. The lowest BCUT2D eigenvalue weighted by Crippen LogP contribution is -2.24. The predicted molar refractivity (Wildman–Crippen MR) is 120 cm³/mol. The number of sulfone groups is 1. The van der Waals surface area contributed by atoms with Crippen LogP contribution in [0.2, 0.25) is 0 Å². The summed E-state index contributed by atoms with van der Waals surface area (Å²) in [7, 11) is -3.24. The molecule has 3 aromatic rings. The molecule has 0 atom stereocenters. The second-order valence-electron chi connectivity index (χ2n) is 7.82. The molecular formula is C23H25N3O3S. The Balaban J connectivity index is 1.62. The van der Waals surface area contributed by atoms with Crippen molar-refractivity contribution in [1.82, 2.24) is 4.98 Å². The Labute approximate surface area is 176 Å². The van der Waals surface area contributed by atoms with E-state index in [0.29, 0.717) is 5.82 Å². The van der Waals surface area contributed by atoms with Gasteiger partial charge in [0, 0.05) is 29.3 Å². The van der Waals surface area contributed by atoms with Gasteiger partial charge >= 0.3 is 0 Å². The summed E-state index contributed by atoms with van der Waals surface area (Å²) in [6.45, 7) is 0. The molecule has 1 saturated carbocycles. The summed E-state index contributed by atoms with van der Waals surface area (Å²) in [5.74, 6) is 0.708. The Morgan fingerprint density at radius 1 is 1.00 bits per heavy atom. The van der Waals surface area contributed by atoms with Gasteiger partial charge in [0.2, 0.25) is 5.91 Å². The normalized spacial score (nSPS) is 15.1. The molecule has 30 heavy (non-hydrogen) atoms. The first-order valence-corrected chi connectivity index (χ1v) is 12.1. The number of carbonyl (C=O) groups excluding carboxylic acids is 1. The van der Waals surface area contributed by atoms with Crippen LogP contribution < -0.4 is 10.6 Å². The van der Waals surface area contributed by atoms with Gasteiger partial charge in [-0.25, -0.2) is 13.4 Å². The summed E-state index contributed by atoms with van der Waals surface area (Å²) in [6.07, 6.45) is 6.46. The fourth-order valence-electron chi connectivity index (χ4n) is 3.88. The number of hydrogen-bond acceptors (Lipinski definition) is 5. The summed E-state index contributed by atoms with van der Waals surface area (Å²) >= 11 is 0. The molecule has 1 amide bonds. The molecule has 0 bridgehead atoms. The fraction of sp³-hybridized carbons (Fsp3) is 0.304. The van der Waals surface area contributed by atoms with Gasteiger partial charge in [0.15, 0.2) is 9.84 Å². The van der Waals surface area contributed by atoms with E-state index in [9.17, 15) is 13.2 Å². The van der Waals surface area contributed by atoms with Crippen LogP contribution in [0.4, 0.5) is 17.2 Å². The highest BCUT2D eigenvalue weighted by atomic mass is 32.2. The molecule has 2 N–H and O–H groups in total. The maximum Gasteiger partial charge on any atom is 0.227 e. The molecule has 0 unspecified atom stereocenters. The van der Waals surface area contributed by atoms with Crippen molar-refractivity contribution in [3.05, 3.63) is 54.6 Å². The average Bonchev–Trinajstić information content (AvgIpc) is 2.74. The van der Waals surface area contributed by atoms with Crippen LogP contribution in [0.3, 0.4) is 0 Å². The molecule has 1 fully saturated rings. The highest BCUT2D eigenvalue weighted by Gasteiger charge is 2.22. The monoisotopic (exact) mass is 423 g/mol. The van der Waals surface area contributed by atoms with Gasteiger partial charge in [0.25, 0.3) is 0 Å². The number of hydrogen-bond donors (Lipinski definition) is 2. The first-order valence-electron chi connectivity index (χ1n) is 10.2. The lowest BCUT2D eigenvalue weighted by atomic mass is 9.88. The molecule has 6 nitrogen and oxygen atoms in total. The molecule has 0 radical (unpaired) electrons. The first-order chi connectivity index (χ1) is 14.4. The largest absolute Gasteiger partial charge is 0.340 e. The van der Waals surface area contributed by atoms with E-state index in [-0.39, 0.29) is 16.7 Å². The maximum absolute atomic E-state index is 12.8. The number of aromatic nitrogens is 1. The van der Waals surface area contributed by atoms with E-state index in [1.165, 1.54) is 12.7 Å². The first kappa shape index (κ1) is 20.3. The zero-order chi connectivity index (χ0) is 21.1. The smallest absolute Gasteiger partial charge is 0.227 e. The Morgan fingerprint density at radius 2 is 1.70 bits per heavy atom. The maximum atomic E-state index is 12.8. The number of benzene rings is 2. The highest BCUT2D eigenvalue weighted by Crippen LogP contribution is 2.30. The van der Waals surface area contributed by atoms with Gasteiger partial charge in [0.05, 0.1) is 16.1 Å². The second-order valence-corrected chi connectivity index (χ2v) is 9.83. The van der Waals surface area contributed by atoms with E-state index in [4.69, 9.17) is 0 Å². The molecule has 0 spiro atoms. The number of pyridine rings is 1. The van der Waals surface area contributed by atoms with Crippen LogP contribution in [0.1, 0.15) is 32.1 Å². The van der Waals surface area contributed by atoms with E-state index in [0.717, 1.165) is 48.0 Å². The number of carbonyl (C=O) groups is 1. The summed E-state index contributed by atoms with van der Waals surface area (Å²) in [5.41, 5.74) is 2.22. The van der Waals surface area contributed by atoms with Crippen molar-refractivity contribution in [2.75, 3.05) is 16.9 Å². The third-order valence-electron chi connectivity index (χ3n) is 5.50. The van der Waals surface area contributed by atoms with Crippen LogP contribution >= 0.6 is 0 Å². The topological polar surface area (TPSA) is 88.2 Å². The van der Waals surface area contributed by atoms with Crippen molar-refractivity contribution in [2.45, 2.75) is 37.0 Å². The number of fused-ring (bicyclic) bond motifs is 1.